The van der Waals surface area contributed by atoms with Crippen LogP contribution in [0, 0.1) is 0 Å². The van der Waals surface area contributed by atoms with Gasteiger partial charge in [0.15, 0.2) is 0 Å². The van der Waals surface area contributed by atoms with Gasteiger partial charge in [0.2, 0.25) is 0 Å². The number of nitrogens with zero attached hydrogens (tertiary/aromatic N) is 1. The van der Waals surface area contributed by atoms with Gasteiger partial charge in [-0.25, -0.2) is 4.39 Å². The Kier molecular flexibility index (Phi) is 3.53. The number of alkyl halides is 1. The Morgan fingerprint density at radius 3 is 2.88 bits per heavy atom. The summed E-state index contributed by atoms with van der Waals surface area (Å²) in [5, 5.41) is 0. The second-order valence-electron chi connectivity index (χ2n) is 4.73. The molecule has 1 aromatic rings. The van der Waals surface area contributed by atoms with E-state index in [-0.39, 0.29) is 0 Å². The van der Waals surface area contributed by atoms with Gasteiger partial charge in [-0.3, -0.25) is 0 Å². The van der Waals surface area contributed by atoms with E-state index in [9.17, 15) is 4.39 Å². The van der Waals surface area contributed by atoms with Crippen molar-refractivity contribution in [3.8, 4) is 0 Å². The van der Waals surface area contributed by atoms with Crippen molar-refractivity contribution < 1.29 is 4.39 Å². The molecule has 1 nitrogen and oxygen atoms in total. The molecule has 0 radical (unpaired) electrons. The Hall–Kier alpha value is -0.570. The summed E-state index contributed by atoms with van der Waals surface area (Å²) in [6.45, 7) is 3.48. The van der Waals surface area contributed by atoms with Crippen molar-refractivity contribution in [2.75, 3.05) is 18.0 Å². The summed E-state index contributed by atoms with van der Waals surface area (Å²) in [6.07, 6.45) is 2.23. The molecule has 1 aromatic carbocycles. The zero-order valence-corrected chi connectivity index (χ0v) is 11.1. The second kappa shape index (κ2) is 4.74. The molecule has 0 saturated carbocycles. The molecule has 1 saturated heterocycles. The van der Waals surface area contributed by atoms with Crippen molar-refractivity contribution in [2.24, 2.45) is 0 Å². The van der Waals surface area contributed by atoms with Crippen molar-refractivity contribution in [3.63, 3.8) is 0 Å². The van der Waals surface area contributed by atoms with E-state index in [4.69, 9.17) is 0 Å². The quantitative estimate of drug-likeness (QED) is 0.749. The number of hydrogen-bond donors (Lipinski definition) is 0. The molecule has 1 aliphatic heterocycles. The van der Waals surface area contributed by atoms with Crippen molar-refractivity contribution >= 4 is 21.6 Å². The SMILES string of the molecule is CC1(F)CCCN(c2cccc(Br)c2)CC1. The van der Waals surface area contributed by atoms with Crippen LogP contribution in [0.2, 0.25) is 0 Å². The smallest absolute Gasteiger partial charge is 0.110 e. The van der Waals surface area contributed by atoms with Gasteiger partial charge in [-0.2, -0.15) is 0 Å². The molecule has 2 rings (SSSR count). The third-order valence-electron chi connectivity index (χ3n) is 3.20. The van der Waals surface area contributed by atoms with E-state index < -0.39 is 5.67 Å². The highest BCUT2D eigenvalue weighted by molar-refractivity contribution is 9.10. The van der Waals surface area contributed by atoms with Crippen molar-refractivity contribution in [1.82, 2.24) is 0 Å². The highest BCUT2D eigenvalue weighted by atomic mass is 79.9. The van der Waals surface area contributed by atoms with Crippen LogP contribution < -0.4 is 4.90 Å². The standard InChI is InChI=1S/C13H17BrFN/c1-13(15)6-3-8-16(9-7-13)12-5-2-4-11(14)10-12/h2,4-5,10H,3,6-9H2,1H3. The molecule has 0 N–H and O–H groups in total. The number of benzene rings is 1. The highest BCUT2D eigenvalue weighted by Crippen LogP contribution is 2.29. The van der Waals surface area contributed by atoms with Crippen LogP contribution in [0.25, 0.3) is 0 Å². The van der Waals surface area contributed by atoms with Crippen molar-refractivity contribution in [1.29, 1.82) is 0 Å². The number of hydrogen-bond acceptors (Lipinski definition) is 1. The molecule has 1 unspecified atom stereocenters. The molecular formula is C13H17BrFN. The van der Waals surface area contributed by atoms with Gasteiger partial charge < -0.3 is 4.90 Å². The van der Waals surface area contributed by atoms with Crippen LogP contribution in [0.15, 0.2) is 28.7 Å². The molecule has 16 heavy (non-hydrogen) atoms. The average molecular weight is 286 g/mol. The fourth-order valence-electron chi connectivity index (χ4n) is 2.17. The third-order valence-corrected chi connectivity index (χ3v) is 3.70. The number of rotatable bonds is 1. The minimum atomic E-state index is -0.985. The maximum atomic E-state index is 13.9. The van der Waals surface area contributed by atoms with Crippen LogP contribution >= 0.6 is 15.9 Å². The van der Waals surface area contributed by atoms with Crippen LogP contribution in [0.4, 0.5) is 10.1 Å². The van der Waals surface area contributed by atoms with Gasteiger partial charge in [-0.15, -0.1) is 0 Å². The lowest BCUT2D eigenvalue weighted by atomic mass is 10.0. The predicted octanol–water partition coefficient (Wildman–Crippen LogP) is 4.17. The Labute approximate surface area is 105 Å². The molecule has 0 aliphatic carbocycles. The van der Waals surface area contributed by atoms with Crippen LogP contribution in [0.5, 0.6) is 0 Å². The monoisotopic (exact) mass is 285 g/mol. The summed E-state index contributed by atoms with van der Waals surface area (Å²) < 4.78 is 14.9. The van der Waals surface area contributed by atoms with Crippen molar-refractivity contribution in [2.45, 2.75) is 31.9 Å². The van der Waals surface area contributed by atoms with Crippen LogP contribution in [0.3, 0.4) is 0 Å². The lowest BCUT2D eigenvalue weighted by Crippen LogP contribution is -2.26. The zero-order valence-electron chi connectivity index (χ0n) is 9.55. The topological polar surface area (TPSA) is 3.24 Å². The molecule has 0 amide bonds. The molecule has 0 aromatic heterocycles. The Morgan fingerprint density at radius 1 is 1.31 bits per heavy atom. The summed E-state index contributed by atoms with van der Waals surface area (Å²) in [5.41, 5.74) is 0.202. The van der Waals surface area contributed by atoms with E-state index in [2.05, 4.69) is 33.0 Å². The van der Waals surface area contributed by atoms with E-state index in [1.807, 2.05) is 12.1 Å². The summed E-state index contributed by atoms with van der Waals surface area (Å²) in [6, 6.07) is 8.23. The first-order valence-electron chi connectivity index (χ1n) is 5.76. The number of halogens is 2. The molecular weight excluding hydrogens is 269 g/mol. The van der Waals surface area contributed by atoms with E-state index in [0.29, 0.717) is 12.8 Å². The summed E-state index contributed by atoms with van der Waals surface area (Å²) in [7, 11) is 0. The van der Waals surface area contributed by atoms with E-state index in [1.165, 1.54) is 5.69 Å². The molecule has 1 heterocycles. The average Bonchev–Trinajstić information content (AvgIpc) is 2.39. The molecule has 0 bridgehead atoms. The van der Waals surface area contributed by atoms with Gasteiger partial charge in [0.25, 0.3) is 0 Å². The third kappa shape index (κ3) is 2.97. The van der Waals surface area contributed by atoms with E-state index >= 15 is 0 Å². The largest absolute Gasteiger partial charge is 0.371 e. The molecule has 1 aliphatic rings. The molecule has 3 heteroatoms. The van der Waals surface area contributed by atoms with Gasteiger partial charge in [0, 0.05) is 23.2 Å². The Morgan fingerprint density at radius 2 is 2.12 bits per heavy atom. The fourth-order valence-corrected chi connectivity index (χ4v) is 2.56. The van der Waals surface area contributed by atoms with Gasteiger partial charge in [0.1, 0.15) is 5.67 Å². The minimum absolute atomic E-state index is 0.625. The maximum absolute atomic E-state index is 13.9. The van der Waals surface area contributed by atoms with Gasteiger partial charge in [-0.05, 0) is 44.4 Å². The first-order valence-corrected chi connectivity index (χ1v) is 6.56. The normalized spacial score (nSPS) is 26.6. The lowest BCUT2D eigenvalue weighted by molar-refractivity contribution is 0.170. The summed E-state index contributed by atoms with van der Waals surface area (Å²) >= 11 is 3.47. The molecule has 88 valence electrons. The van der Waals surface area contributed by atoms with Gasteiger partial charge >= 0.3 is 0 Å². The number of anilines is 1. The maximum Gasteiger partial charge on any atom is 0.110 e. The Bertz CT molecular complexity index is 365. The predicted molar refractivity (Wildman–Crippen MR) is 69.7 cm³/mol. The zero-order chi connectivity index (χ0) is 11.6. The summed E-state index contributed by atoms with van der Waals surface area (Å²) in [5.74, 6) is 0. The fraction of sp³-hybridized carbons (Fsp3) is 0.538. The molecule has 1 atom stereocenters. The van der Waals surface area contributed by atoms with Crippen LogP contribution in [0.1, 0.15) is 26.2 Å². The van der Waals surface area contributed by atoms with Crippen molar-refractivity contribution in [3.05, 3.63) is 28.7 Å². The van der Waals surface area contributed by atoms with E-state index in [0.717, 1.165) is 24.0 Å². The van der Waals surface area contributed by atoms with Gasteiger partial charge in [0.05, 0.1) is 0 Å². The highest BCUT2D eigenvalue weighted by Gasteiger charge is 2.27. The molecule has 1 fully saturated rings. The second-order valence-corrected chi connectivity index (χ2v) is 5.65. The minimum Gasteiger partial charge on any atom is -0.371 e. The van der Waals surface area contributed by atoms with E-state index in [1.54, 1.807) is 6.92 Å². The first-order chi connectivity index (χ1) is 7.57. The van der Waals surface area contributed by atoms with Gasteiger partial charge in [-0.1, -0.05) is 22.0 Å². The molecule has 0 spiro atoms. The Balaban J connectivity index is 2.11. The first kappa shape index (κ1) is 11.9. The summed E-state index contributed by atoms with van der Waals surface area (Å²) in [4.78, 5) is 2.27. The van der Waals surface area contributed by atoms with Crippen LogP contribution in [-0.4, -0.2) is 18.8 Å². The van der Waals surface area contributed by atoms with Crippen LogP contribution in [-0.2, 0) is 0 Å². The lowest BCUT2D eigenvalue weighted by Gasteiger charge is -2.23.